The van der Waals surface area contributed by atoms with Gasteiger partial charge in [0.1, 0.15) is 5.82 Å². The zero-order valence-corrected chi connectivity index (χ0v) is 12.9. The Morgan fingerprint density at radius 1 is 1.10 bits per heavy atom. The Bertz CT molecular complexity index is 481. The number of hydrogen-bond acceptors (Lipinski definition) is 3. The minimum absolute atomic E-state index is 0.156. The first kappa shape index (κ1) is 12.8. The van der Waals surface area contributed by atoms with E-state index in [9.17, 15) is 0 Å². The summed E-state index contributed by atoms with van der Waals surface area (Å²) < 4.78 is 0. The van der Waals surface area contributed by atoms with Gasteiger partial charge in [0.2, 0.25) is 0 Å². The highest BCUT2D eigenvalue weighted by Crippen LogP contribution is 2.60. The van der Waals surface area contributed by atoms with E-state index in [0.717, 1.165) is 23.6 Å². The van der Waals surface area contributed by atoms with E-state index in [4.69, 9.17) is 4.98 Å². The van der Waals surface area contributed by atoms with Crippen molar-refractivity contribution in [1.29, 1.82) is 0 Å². The SMILES string of the molecule is CNC(C)(C)c1n[nH]c(C23CC4CC(CC(C4)C2)C3)n1. The molecule has 0 aromatic carbocycles. The molecule has 20 heavy (non-hydrogen) atoms. The average Bonchev–Trinajstić information content (AvgIpc) is 2.88. The second kappa shape index (κ2) is 4.06. The molecule has 1 aromatic rings. The maximum atomic E-state index is 4.91. The summed E-state index contributed by atoms with van der Waals surface area (Å²) in [6.45, 7) is 4.28. The van der Waals surface area contributed by atoms with Crippen molar-refractivity contribution in [2.75, 3.05) is 7.05 Å². The fourth-order valence-corrected chi connectivity index (χ4v) is 5.29. The van der Waals surface area contributed by atoms with Gasteiger partial charge in [0.05, 0.1) is 5.54 Å². The topological polar surface area (TPSA) is 53.6 Å². The molecular weight excluding hydrogens is 248 g/mol. The lowest BCUT2D eigenvalue weighted by Gasteiger charge is -2.55. The number of aromatic amines is 1. The number of hydrogen-bond donors (Lipinski definition) is 2. The van der Waals surface area contributed by atoms with Gasteiger partial charge in [-0.15, -0.1) is 0 Å². The van der Waals surface area contributed by atoms with Gasteiger partial charge >= 0.3 is 0 Å². The van der Waals surface area contributed by atoms with Crippen molar-refractivity contribution < 1.29 is 0 Å². The molecule has 4 bridgehead atoms. The molecule has 4 fully saturated rings. The van der Waals surface area contributed by atoms with E-state index < -0.39 is 0 Å². The molecule has 0 saturated heterocycles. The molecular formula is C16H26N4. The Hall–Kier alpha value is -0.900. The van der Waals surface area contributed by atoms with Gasteiger partial charge in [-0.3, -0.25) is 5.10 Å². The van der Waals surface area contributed by atoms with Gasteiger partial charge in [0, 0.05) is 5.41 Å². The van der Waals surface area contributed by atoms with E-state index >= 15 is 0 Å². The Morgan fingerprint density at radius 3 is 2.15 bits per heavy atom. The van der Waals surface area contributed by atoms with E-state index in [1.54, 1.807) is 0 Å². The van der Waals surface area contributed by atoms with E-state index in [2.05, 4.69) is 29.4 Å². The lowest BCUT2D eigenvalue weighted by Crippen LogP contribution is -2.49. The van der Waals surface area contributed by atoms with E-state index in [-0.39, 0.29) is 5.54 Å². The van der Waals surface area contributed by atoms with Crippen molar-refractivity contribution in [3.05, 3.63) is 11.6 Å². The fourth-order valence-electron chi connectivity index (χ4n) is 5.29. The second-order valence-corrected chi connectivity index (χ2v) is 8.08. The minimum atomic E-state index is -0.156. The van der Waals surface area contributed by atoms with Crippen LogP contribution in [0.15, 0.2) is 0 Å². The van der Waals surface area contributed by atoms with Gasteiger partial charge in [-0.1, -0.05) is 0 Å². The van der Waals surface area contributed by atoms with Crippen LogP contribution in [-0.2, 0) is 11.0 Å². The van der Waals surface area contributed by atoms with Crippen LogP contribution in [0.2, 0.25) is 0 Å². The normalized spacial score (nSPS) is 39.5. The molecule has 0 unspecified atom stereocenters. The third-order valence-electron chi connectivity index (χ3n) is 6.21. The standard InChI is InChI=1S/C16H26N4/c1-15(2,17-3)13-18-14(20-19-13)16-7-10-4-11(8-16)6-12(5-10)9-16/h10-12,17H,4-9H2,1-3H3,(H,18,19,20). The highest BCUT2D eigenvalue weighted by Gasteiger charge is 2.53. The summed E-state index contributed by atoms with van der Waals surface area (Å²) in [4.78, 5) is 4.91. The first-order chi connectivity index (χ1) is 9.51. The van der Waals surface area contributed by atoms with E-state index in [0.29, 0.717) is 5.41 Å². The first-order valence-corrected chi connectivity index (χ1v) is 8.13. The highest BCUT2D eigenvalue weighted by molar-refractivity contribution is 5.18. The maximum Gasteiger partial charge on any atom is 0.170 e. The van der Waals surface area contributed by atoms with Crippen LogP contribution in [0.1, 0.15) is 64.0 Å². The van der Waals surface area contributed by atoms with Crippen LogP contribution in [0, 0.1) is 17.8 Å². The van der Waals surface area contributed by atoms with Crippen molar-refractivity contribution in [2.45, 2.75) is 63.3 Å². The van der Waals surface area contributed by atoms with Crippen molar-refractivity contribution in [3.8, 4) is 0 Å². The third-order valence-corrected chi connectivity index (χ3v) is 6.21. The van der Waals surface area contributed by atoms with Crippen LogP contribution in [0.5, 0.6) is 0 Å². The molecule has 4 nitrogen and oxygen atoms in total. The Balaban J connectivity index is 1.68. The molecule has 4 saturated carbocycles. The summed E-state index contributed by atoms with van der Waals surface area (Å²) in [5.74, 6) is 4.94. The molecule has 1 heterocycles. The lowest BCUT2D eigenvalue weighted by molar-refractivity contribution is -0.00928. The molecule has 4 heteroatoms. The minimum Gasteiger partial charge on any atom is -0.308 e. The van der Waals surface area contributed by atoms with Crippen molar-refractivity contribution in [3.63, 3.8) is 0 Å². The Morgan fingerprint density at radius 2 is 1.65 bits per heavy atom. The maximum absolute atomic E-state index is 4.91. The smallest absolute Gasteiger partial charge is 0.170 e. The van der Waals surface area contributed by atoms with E-state index in [1.807, 2.05) is 7.05 Å². The average molecular weight is 274 g/mol. The number of rotatable bonds is 3. The van der Waals surface area contributed by atoms with Gasteiger partial charge in [-0.2, -0.15) is 5.10 Å². The van der Waals surface area contributed by atoms with Gasteiger partial charge in [0.25, 0.3) is 0 Å². The van der Waals surface area contributed by atoms with Gasteiger partial charge in [0.15, 0.2) is 5.82 Å². The number of nitrogens with zero attached hydrogens (tertiary/aromatic N) is 2. The van der Waals surface area contributed by atoms with Crippen LogP contribution in [0.25, 0.3) is 0 Å². The van der Waals surface area contributed by atoms with Crippen LogP contribution in [-0.4, -0.2) is 22.2 Å². The fraction of sp³-hybridized carbons (Fsp3) is 0.875. The summed E-state index contributed by atoms with van der Waals surface area (Å²) in [5, 5.41) is 11.1. The predicted octanol–water partition coefficient (Wildman–Crippen LogP) is 2.73. The van der Waals surface area contributed by atoms with Crippen LogP contribution in [0.3, 0.4) is 0 Å². The van der Waals surface area contributed by atoms with Crippen LogP contribution in [0.4, 0.5) is 0 Å². The molecule has 0 aliphatic heterocycles. The zero-order valence-electron chi connectivity index (χ0n) is 12.9. The first-order valence-electron chi connectivity index (χ1n) is 8.13. The number of nitrogens with one attached hydrogen (secondary N) is 2. The summed E-state index contributed by atoms with van der Waals surface area (Å²) in [7, 11) is 1.97. The zero-order chi connectivity index (χ0) is 14.0. The van der Waals surface area contributed by atoms with Crippen molar-refractivity contribution in [2.24, 2.45) is 17.8 Å². The summed E-state index contributed by atoms with van der Waals surface area (Å²) >= 11 is 0. The quantitative estimate of drug-likeness (QED) is 0.891. The summed E-state index contributed by atoms with van der Waals surface area (Å²) in [6.07, 6.45) is 8.45. The molecule has 0 amide bonds. The highest BCUT2D eigenvalue weighted by atomic mass is 15.2. The summed E-state index contributed by atoms with van der Waals surface area (Å²) in [5.41, 5.74) is 0.168. The molecule has 0 atom stereocenters. The Labute approximate surface area is 121 Å². The molecule has 1 aromatic heterocycles. The van der Waals surface area contributed by atoms with Crippen LogP contribution >= 0.6 is 0 Å². The molecule has 2 N–H and O–H groups in total. The molecule has 5 rings (SSSR count). The van der Waals surface area contributed by atoms with Crippen LogP contribution < -0.4 is 5.32 Å². The van der Waals surface area contributed by atoms with Crippen molar-refractivity contribution in [1.82, 2.24) is 20.5 Å². The lowest BCUT2D eigenvalue weighted by atomic mass is 9.49. The predicted molar refractivity (Wildman–Crippen MR) is 78.3 cm³/mol. The number of H-pyrrole nitrogens is 1. The monoisotopic (exact) mass is 274 g/mol. The van der Waals surface area contributed by atoms with Crippen molar-refractivity contribution >= 4 is 0 Å². The molecule has 0 radical (unpaired) electrons. The summed E-state index contributed by atoms with van der Waals surface area (Å²) in [6, 6.07) is 0. The molecule has 0 spiro atoms. The van der Waals surface area contributed by atoms with Gasteiger partial charge < -0.3 is 5.32 Å². The molecule has 4 aliphatic rings. The molecule has 110 valence electrons. The van der Waals surface area contributed by atoms with Gasteiger partial charge in [-0.25, -0.2) is 4.98 Å². The molecule has 4 aliphatic carbocycles. The second-order valence-electron chi connectivity index (χ2n) is 8.08. The largest absolute Gasteiger partial charge is 0.308 e. The third kappa shape index (κ3) is 1.77. The number of aromatic nitrogens is 3. The van der Waals surface area contributed by atoms with Gasteiger partial charge in [-0.05, 0) is 77.2 Å². The Kier molecular flexibility index (Phi) is 2.60. The van der Waals surface area contributed by atoms with E-state index in [1.165, 1.54) is 44.3 Å².